The van der Waals surface area contributed by atoms with Crippen molar-refractivity contribution in [2.45, 2.75) is 45.4 Å². The first-order chi connectivity index (χ1) is 5.70. The summed E-state index contributed by atoms with van der Waals surface area (Å²) in [5, 5.41) is -0.122. The van der Waals surface area contributed by atoms with Crippen LogP contribution in [0.1, 0.15) is 45.4 Å². The van der Waals surface area contributed by atoms with Gasteiger partial charge in [-0.25, -0.2) is 0 Å². The number of rotatable bonds is 1. The lowest BCUT2D eigenvalue weighted by Crippen LogP contribution is -2.15. The van der Waals surface area contributed by atoms with Gasteiger partial charge in [-0.1, -0.05) is 32.6 Å². The van der Waals surface area contributed by atoms with Gasteiger partial charge in [0.2, 0.25) is 5.24 Å². The molecular weight excluding hydrogens is 172 g/mol. The average Bonchev–Trinajstić information content (AvgIpc) is 1.95. The van der Waals surface area contributed by atoms with Crippen LogP contribution in [0.15, 0.2) is 0 Å². The van der Waals surface area contributed by atoms with Gasteiger partial charge in [-0.2, -0.15) is 0 Å². The molecule has 0 bridgehead atoms. The molecule has 0 heterocycles. The Morgan fingerprint density at radius 3 is 2.58 bits per heavy atom. The van der Waals surface area contributed by atoms with E-state index in [9.17, 15) is 4.79 Å². The van der Waals surface area contributed by atoms with Crippen LogP contribution < -0.4 is 0 Å². The maximum Gasteiger partial charge on any atom is 0.224 e. The molecule has 12 heavy (non-hydrogen) atoms. The molecule has 1 fully saturated rings. The lowest BCUT2D eigenvalue weighted by Gasteiger charge is -2.20. The van der Waals surface area contributed by atoms with E-state index in [0.717, 1.165) is 12.8 Å². The second-order valence-electron chi connectivity index (χ2n) is 3.98. The van der Waals surface area contributed by atoms with E-state index in [2.05, 4.69) is 6.92 Å². The van der Waals surface area contributed by atoms with E-state index in [1.165, 1.54) is 25.7 Å². The first kappa shape index (κ1) is 10.0. The fraction of sp³-hybridized carbons (Fsp3) is 0.900. The highest BCUT2D eigenvalue weighted by atomic mass is 35.5. The van der Waals surface area contributed by atoms with E-state index in [1.54, 1.807) is 0 Å². The van der Waals surface area contributed by atoms with E-state index in [4.69, 9.17) is 11.6 Å². The van der Waals surface area contributed by atoms with Crippen molar-refractivity contribution in [3.05, 3.63) is 0 Å². The highest BCUT2D eigenvalue weighted by Crippen LogP contribution is 2.27. The Kier molecular flexibility index (Phi) is 4.07. The third-order valence-electron chi connectivity index (χ3n) is 2.76. The summed E-state index contributed by atoms with van der Waals surface area (Å²) in [6, 6.07) is 0. The monoisotopic (exact) mass is 188 g/mol. The van der Waals surface area contributed by atoms with Crippen LogP contribution in [0.25, 0.3) is 0 Å². The molecule has 1 rings (SSSR count). The zero-order valence-corrected chi connectivity index (χ0v) is 8.44. The third-order valence-corrected chi connectivity index (χ3v) is 3.07. The van der Waals surface area contributed by atoms with Gasteiger partial charge in [0, 0.05) is 5.92 Å². The lowest BCUT2D eigenvalue weighted by atomic mass is 9.86. The third kappa shape index (κ3) is 3.14. The van der Waals surface area contributed by atoms with Gasteiger partial charge in [-0.3, -0.25) is 4.79 Å². The molecule has 0 spiro atoms. The molecule has 1 aliphatic carbocycles. The van der Waals surface area contributed by atoms with E-state index in [0.29, 0.717) is 5.92 Å². The SMILES string of the molecule is CC1CCCCCC(C(=O)Cl)C1. The molecule has 0 amide bonds. The van der Waals surface area contributed by atoms with E-state index in [-0.39, 0.29) is 11.2 Å². The fourth-order valence-corrected chi connectivity index (χ4v) is 2.19. The van der Waals surface area contributed by atoms with Gasteiger partial charge in [0.1, 0.15) is 0 Å². The number of carbonyl (C=O) groups is 1. The maximum absolute atomic E-state index is 11.0. The number of halogens is 1. The minimum atomic E-state index is -0.122. The summed E-state index contributed by atoms with van der Waals surface area (Å²) in [6.45, 7) is 2.22. The predicted molar refractivity (Wildman–Crippen MR) is 51.2 cm³/mol. The van der Waals surface area contributed by atoms with Crippen LogP contribution >= 0.6 is 11.6 Å². The second-order valence-corrected chi connectivity index (χ2v) is 4.35. The van der Waals surface area contributed by atoms with Crippen molar-refractivity contribution in [3.8, 4) is 0 Å². The molecule has 0 radical (unpaired) electrons. The predicted octanol–water partition coefficient (Wildman–Crippen LogP) is 3.36. The summed E-state index contributed by atoms with van der Waals surface area (Å²) in [6.07, 6.45) is 7.04. The van der Waals surface area contributed by atoms with E-state index >= 15 is 0 Å². The Bertz CT molecular complexity index is 156. The Morgan fingerprint density at radius 1 is 1.25 bits per heavy atom. The molecule has 0 saturated heterocycles. The Morgan fingerprint density at radius 2 is 1.92 bits per heavy atom. The highest BCUT2D eigenvalue weighted by molar-refractivity contribution is 6.63. The van der Waals surface area contributed by atoms with Crippen LogP contribution in [0.3, 0.4) is 0 Å². The van der Waals surface area contributed by atoms with Crippen LogP contribution in [0, 0.1) is 11.8 Å². The molecule has 70 valence electrons. The van der Waals surface area contributed by atoms with Crippen molar-refractivity contribution in [3.63, 3.8) is 0 Å². The maximum atomic E-state index is 11.0. The van der Waals surface area contributed by atoms with Gasteiger partial charge >= 0.3 is 0 Å². The minimum Gasteiger partial charge on any atom is -0.281 e. The topological polar surface area (TPSA) is 17.1 Å². The molecule has 1 saturated carbocycles. The van der Waals surface area contributed by atoms with Crippen LogP contribution in [0.2, 0.25) is 0 Å². The van der Waals surface area contributed by atoms with Gasteiger partial charge in [-0.15, -0.1) is 0 Å². The van der Waals surface area contributed by atoms with Crippen molar-refractivity contribution in [2.75, 3.05) is 0 Å². The van der Waals surface area contributed by atoms with E-state index in [1.807, 2.05) is 0 Å². The summed E-state index contributed by atoms with van der Waals surface area (Å²) in [4.78, 5) is 11.0. The first-order valence-electron chi connectivity index (χ1n) is 4.89. The van der Waals surface area contributed by atoms with Crippen molar-refractivity contribution in [1.29, 1.82) is 0 Å². The van der Waals surface area contributed by atoms with Crippen LogP contribution in [-0.2, 0) is 4.79 Å². The fourth-order valence-electron chi connectivity index (χ4n) is 1.99. The van der Waals surface area contributed by atoms with Gasteiger partial charge in [0.05, 0.1) is 0 Å². The molecule has 1 nitrogen and oxygen atoms in total. The zero-order valence-electron chi connectivity index (χ0n) is 7.68. The van der Waals surface area contributed by atoms with Crippen molar-refractivity contribution in [2.24, 2.45) is 11.8 Å². The van der Waals surface area contributed by atoms with Crippen LogP contribution in [0.5, 0.6) is 0 Å². The van der Waals surface area contributed by atoms with Crippen molar-refractivity contribution >= 4 is 16.8 Å². The van der Waals surface area contributed by atoms with Gasteiger partial charge < -0.3 is 0 Å². The zero-order chi connectivity index (χ0) is 8.97. The van der Waals surface area contributed by atoms with E-state index < -0.39 is 0 Å². The summed E-state index contributed by atoms with van der Waals surface area (Å²) in [5.41, 5.74) is 0. The second kappa shape index (κ2) is 4.86. The Hall–Kier alpha value is -0.0400. The smallest absolute Gasteiger partial charge is 0.224 e. The first-order valence-corrected chi connectivity index (χ1v) is 5.27. The minimum absolute atomic E-state index is 0.122. The molecule has 0 aromatic heterocycles. The Balaban J connectivity index is 2.43. The summed E-state index contributed by atoms with van der Waals surface area (Å²) in [7, 11) is 0. The largest absolute Gasteiger partial charge is 0.281 e. The quantitative estimate of drug-likeness (QED) is 0.577. The molecule has 0 N–H and O–H groups in total. The van der Waals surface area contributed by atoms with Crippen LogP contribution in [-0.4, -0.2) is 5.24 Å². The Labute approximate surface area is 79.5 Å². The normalized spacial score (nSPS) is 32.2. The standard InChI is InChI=1S/C10H17ClO/c1-8-5-3-2-4-6-9(7-8)10(11)12/h8-9H,2-7H2,1H3. The van der Waals surface area contributed by atoms with Crippen molar-refractivity contribution in [1.82, 2.24) is 0 Å². The number of carbonyl (C=O) groups excluding carboxylic acids is 1. The molecule has 2 unspecified atom stereocenters. The number of hydrogen-bond acceptors (Lipinski definition) is 1. The average molecular weight is 189 g/mol. The summed E-state index contributed by atoms with van der Waals surface area (Å²) in [5.74, 6) is 0.819. The van der Waals surface area contributed by atoms with Gasteiger partial charge in [-0.05, 0) is 30.4 Å². The molecular formula is C10H17ClO. The molecule has 1 aliphatic rings. The summed E-state index contributed by atoms with van der Waals surface area (Å²) >= 11 is 5.51. The van der Waals surface area contributed by atoms with Gasteiger partial charge in [0.25, 0.3) is 0 Å². The molecule has 0 aromatic carbocycles. The van der Waals surface area contributed by atoms with Crippen LogP contribution in [0.4, 0.5) is 0 Å². The molecule has 2 heteroatoms. The van der Waals surface area contributed by atoms with Gasteiger partial charge in [0.15, 0.2) is 0 Å². The number of hydrogen-bond donors (Lipinski definition) is 0. The molecule has 0 aliphatic heterocycles. The molecule has 2 atom stereocenters. The summed E-state index contributed by atoms with van der Waals surface area (Å²) < 4.78 is 0. The highest BCUT2D eigenvalue weighted by Gasteiger charge is 2.20. The lowest BCUT2D eigenvalue weighted by molar-refractivity contribution is -0.116. The van der Waals surface area contributed by atoms with Crippen molar-refractivity contribution < 1.29 is 4.79 Å². The molecule has 0 aromatic rings.